The number of benzene rings is 1. The fourth-order valence-corrected chi connectivity index (χ4v) is 1.43. The van der Waals surface area contributed by atoms with Gasteiger partial charge in [-0.3, -0.25) is 0 Å². The second-order valence-corrected chi connectivity index (χ2v) is 3.66. The van der Waals surface area contributed by atoms with Crippen molar-refractivity contribution < 1.29 is 30.3 Å². The van der Waals surface area contributed by atoms with E-state index in [1.54, 1.807) is 0 Å². The van der Waals surface area contributed by atoms with Crippen LogP contribution in [0, 0.1) is 0 Å². The Hall–Kier alpha value is -2.48. The molecule has 1 rings (SSSR count). The summed E-state index contributed by atoms with van der Waals surface area (Å²) in [4.78, 5) is 13.2. The normalized spacial score (nSPS) is 13.4. The molecule has 9 nitrogen and oxygen atoms in total. The Morgan fingerprint density at radius 1 is 1.32 bits per heavy atom. The van der Waals surface area contributed by atoms with Gasteiger partial charge in [-0.05, 0) is 11.6 Å². The number of carboxylic acids is 1. The van der Waals surface area contributed by atoms with Crippen molar-refractivity contribution in [3.63, 3.8) is 0 Å². The number of nitrogens with zero attached hydrogens (tertiary/aromatic N) is 3. The third kappa shape index (κ3) is 3.26. The predicted molar refractivity (Wildman–Crippen MR) is 61.7 cm³/mol. The average Bonchev–Trinajstić information content (AvgIpc) is 2.34. The van der Waals surface area contributed by atoms with Gasteiger partial charge in [0.15, 0.2) is 0 Å². The molecule has 19 heavy (non-hydrogen) atoms. The first-order valence-electron chi connectivity index (χ1n) is 5.04. The number of aromatic carboxylic acids is 1. The minimum atomic E-state index is -1.66. The monoisotopic (exact) mass is 269 g/mol. The molecule has 102 valence electrons. The topological polar surface area (TPSA) is 167 Å². The zero-order valence-corrected chi connectivity index (χ0v) is 9.50. The van der Waals surface area contributed by atoms with Gasteiger partial charge in [0.1, 0.15) is 23.2 Å². The summed E-state index contributed by atoms with van der Waals surface area (Å²) in [5.41, 5.74) is 7.25. The number of aliphatic hydroxyl groups is 2. The van der Waals surface area contributed by atoms with Crippen molar-refractivity contribution in [1.82, 2.24) is 0 Å². The molecule has 1 aromatic rings. The maximum Gasteiger partial charge on any atom is 0.339 e. The Bertz CT molecular complexity index is 540. The van der Waals surface area contributed by atoms with Gasteiger partial charge in [-0.15, -0.1) is 0 Å². The van der Waals surface area contributed by atoms with Crippen molar-refractivity contribution in [2.24, 2.45) is 5.11 Å². The van der Waals surface area contributed by atoms with Crippen LogP contribution in [0.1, 0.15) is 22.0 Å². The van der Waals surface area contributed by atoms with Gasteiger partial charge in [0.05, 0.1) is 12.6 Å². The molecule has 0 aromatic heterocycles. The third-order valence-corrected chi connectivity index (χ3v) is 2.39. The smallest absolute Gasteiger partial charge is 0.339 e. The minimum Gasteiger partial charge on any atom is -0.507 e. The molecule has 0 aliphatic rings. The number of phenols is 2. The third-order valence-electron chi connectivity index (χ3n) is 2.39. The number of carboxylic acid groups (broad SMARTS) is 1. The maximum absolute atomic E-state index is 10.8. The second kappa shape index (κ2) is 5.91. The molecule has 2 unspecified atom stereocenters. The molecule has 0 heterocycles. The minimum absolute atomic E-state index is 0.296. The van der Waals surface area contributed by atoms with Crippen LogP contribution in [0.4, 0.5) is 0 Å². The van der Waals surface area contributed by atoms with Gasteiger partial charge in [-0.1, -0.05) is 5.11 Å². The van der Waals surface area contributed by atoms with Crippen molar-refractivity contribution in [2.45, 2.75) is 12.2 Å². The van der Waals surface area contributed by atoms with Crippen LogP contribution in [0.3, 0.4) is 0 Å². The molecule has 2 atom stereocenters. The molecule has 1 aromatic carbocycles. The standard InChI is InChI=1S/C10H11N3O6/c11-13-12-3-8(16)9(17)4-1-5(10(18)19)7(15)2-6(4)14/h1-2,8-9,14-17H,3H2,(H,18,19). The van der Waals surface area contributed by atoms with E-state index in [-0.39, 0.29) is 5.56 Å². The molecule has 0 spiro atoms. The van der Waals surface area contributed by atoms with Crippen LogP contribution < -0.4 is 0 Å². The highest BCUT2D eigenvalue weighted by molar-refractivity contribution is 5.91. The van der Waals surface area contributed by atoms with Crippen LogP contribution in [0.25, 0.3) is 10.4 Å². The molecule has 0 amide bonds. The Labute approximate surface area is 106 Å². The molecule has 0 saturated carbocycles. The zero-order valence-electron chi connectivity index (χ0n) is 9.50. The van der Waals surface area contributed by atoms with Crippen LogP contribution in [-0.4, -0.2) is 44.2 Å². The molecular formula is C10H11N3O6. The Balaban J connectivity index is 3.15. The van der Waals surface area contributed by atoms with Crippen LogP contribution in [-0.2, 0) is 0 Å². The lowest BCUT2D eigenvalue weighted by molar-refractivity contribution is 0.0229. The Kier molecular flexibility index (Phi) is 4.54. The number of phenolic OH excluding ortho intramolecular Hbond substituents is 1. The summed E-state index contributed by atoms with van der Waals surface area (Å²) in [6.07, 6.45) is -3.18. The van der Waals surface area contributed by atoms with Crippen LogP contribution in [0.15, 0.2) is 17.2 Å². The number of aliphatic hydroxyl groups excluding tert-OH is 2. The van der Waals surface area contributed by atoms with E-state index in [0.29, 0.717) is 0 Å². The first kappa shape index (κ1) is 14.6. The van der Waals surface area contributed by atoms with Gasteiger partial charge in [-0.2, -0.15) is 0 Å². The molecule has 0 aliphatic carbocycles. The number of hydrogen-bond acceptors (Lipinski definition) is 6. The van der Waals surface area contributed by atoms with E-state index >= 15 is 0 Å². The molecule has 0 radical (unpaired) electrons. The van der Waals surface area contributed by atoms with Crippen molar-refractivity contribution in [2.75, 3.05) is 6.54 Å². The predicted octanol–water partition coefficient (Wildman–Crippen LogP) is 0.501. The molecule has 0 aliphatic heterocycles. The van der Waals surface area contributed by atoms with Gasteiger partial charge >= 0.3 is 5.97 Å². The summed E-state index contributed by atoms with van der Waals surface area (Å²) in [6.45, 7) is -0.458. The fraction of sp³-hybridized carbons (Fsp3) is 0.300. The number of rotatable bonds is 5. The summed E-state index contributed by atoms with van der Waals surface area (Å²) in [5.74, 6) is -2.73. The van der Waals surface area contributed by atoms with E-state index in [4.69, 9.17) is 10.6 Å². The van der Waals surface area contributed by atoms with Gasteiger partial charge in [-0.25, -0.2) is 4.79 Å². The lowest BCUT2D eigenvalue weighted by atomic mass is 10.00. The van der Waals surface area contributed by atoms with Crippen molar-refractivity contribution in [3.8, 4) is 11.5 Å². The molecule has 0 fully saturated rings. The first-order valence-corrected chi connectivity index (χ1v) is 5.04. The summed E-state index contributed by atoms with van der Waals surface area (Å²) in [7, 11) is 0. The van der Waals surface area contributed by atoms with Gasteiger partial charge in [0.2, 0.25) is 0 Å². The molecule has 0 bridgehead atoms. The highest BCUT2D eigenvalue weighted by atomic mass is 16.4. The summed E-state index contributed by atoms with van der Waals surface area (Å²) >= 11 is 0. The van der Waals surface area contributed by atoms with Gasteiger partial charge < -0.3 is 25.5 Å². The maximum atomic E-state index is 10.8. The average molecular weight is 269 g/mol. The van der Waals surface area contributed by atoms with E-state index in [1.165, 1.54) is 0 Å². The van der Waals surface area contributed by atoms with Crippen LogP contribution in [0.2, 0.25) is 0 Å². The zero-order chi connectivity index (χ0) is 14.6. The summed E-state index contributed by atoms with van der Waals surface area (Å²) < 4.78 is 0. The van der Waals surface area contributed by atoms with E-state index in [0.717, 1.165) is 12.1 Å². The van der Waals surface area contributed by atoms with Gasteiger partial charge in [0.25, 0.3) is 0 Å². The van der Waals surface area contributed by atoms with Crippen LogP contribution in [0.5, 0.6) is 11.5 Å². The SMILES string of the molecule is [N-]=[N+]=NCC(O)C(O)c1cc(C(=O)O)c(O)cc1O. The number of hydrogen-bond donors (Lipinski definition) is 5. The summed E-state index contributed by atoms with van der Waals surface area (Å²) in [5, 5.41) is 49.9. The van der Waals surface area contributed by atoms with E-state index in [9.17, 15) is 25.2 Å². The largest absolute Gasteiger partial charge is 0.507 e. The van der Waals surface area contributed by atoms with Crippen molar-refractivity contribution in [1.29, 1.82) is 0 Å². The highest BCUT2D eigenvalue weighted by Crippen LogP contribution is 2.32. The van der Waals surface area contributed by atoms with Crippen LogP contribution >= 0.6 is 0 Å². The fourth-order valence-electron chi connectivity index (χ4n) is 1.43. The van der Waals surface area contributed by atoms with E-state index in [2.05, 4.69) is 10.0 Å². The Morgan fingerprint density at radius 2 is 1.95 bits per heavy atom. The van der Waals surface area contributed by atoms with Crippen molar-refractivity contribution in [3.05, 3.63) is 33.7 Å². The number of azide groups is 1. The van der Waals surface area contributed by atoms with Crippen molar-refractivity contribution >= 4 is 5.97 Å². The number of aromatic hydroxyl groups is 2. The molecule has 9 heteroatoms. The lowest BCUT2D eigenvalue weighted by Crippen LogP contribution is -2.21. The summed E-state index contributed by atoms with van der Waals surface area (Å²) in [6, 6.07) is 1.57. The lowest BCUT2D eigenvalue weighted by Gasteiger charge is -2.18. The second-order valence-electron chi connectivity index (χ2n) is 3.66. The highest BCUT2D eigenvalue weighted by Gasteiger charge is 2.24. The molecule has 0 saturated heterocycles. The van der Waals surface area contributed by atoms with E-state index < -0.39 is 41.8 Å². The quantitative estimate of drug-likeness (QED) is 0.296. The van der Waals surface area contributed by atoms with E-state index in [1.807, 2.05) is 0 Å². The number of carbonyl (C=O) groups is 1. The molecule has 5 N–H and O–H groups in total. The first-order chi connectivity index (χ1) is 8.88. The Morgan fingerprint density at radius 3 is 2.47 bits per heavy atom. The molecular weight excluding hydrogens is 258 g/mol. The van der Waals surface area contributed by atoms with Gasteiger partial charge in [0, 0.05) is 16.5 Å².